The molecule has 0 atom stereocenters. The summed E-state index contributed by atoms with van der Waals surface area (Å²) >= 11 is 0. The number of halogens is 2. The number of aryl methyl sites for hydroxylation is 1. The van der Waals surface area contributed by atoms with Gasteiger partial charge in [-0.1, -0.05) is 18.2 Å². The van der Waals surface area contributed by atoms with E-state index in [0.29, 0.717) is 26.0 Å². The zero-order valence-corrected chi connectivity index (χ0v) is 16.3. The lowest BCUT2D eigenvalue weighted by atomic mass is 10.1. The summed E-state index contributed by atoms with van der Waals surface area (Å²) in [5.74, 6) is 0.978. The zero-order valence-electron chi connectivity index (χ0n) is 16.3. The quantitative estimate of drug-likeness (QED) is 0.604. The molecule has 0 heterocycles. The highest BCUT2D eigenvalue weighted by Crippen LogP contribution is 2.30. The average Bonchev–Trinajstić information content (AvgIpc) is 2.68. The summed E-state index contributed by atoms with van der Waals surface area (Å²) < 4.78 is 39.9. The lowest BCUT2D eigenvalue weighted by Crippen LogP contribution is -2.26. The smallest absolute Gasteiger partial charge is 0.387 e. The number of carbonyl (C=O) groups is 1. The monoisotopic (exact) mass is 393 g/mol. The number of ether oxygens (including phenoxy) is 3. The minimum Gasteiger partial charge on any atom is -0.497 e. The van der Waals surface area contributed by atoms with Crippen LogP contribution >= 0.6 is 0 Å². The fraction of sp³-hybridized carbons (Fsp3) is 0.381. The van der Waals surface area contributed by atoms with Crippen LogP contribution in [0.3, 0.4) is 0 Å². The zero-order chi connectivity index (χ0) is 20.5. The molecule has 2 aromatic rings. The first-order chi connectivity index (χ1) is 13.4. The van der Waals surface area contributed by atoms with Crippen LogP contribution in [0, 0.1) is 0 Å². The molecule has 0 bridgehead atoms. The van der Waals surface area contributed by atoms with Crippen molar-refractivity contribution in [2.75, 3.05) is 20.8 Å². The second-order valence-corrected chi connectivity index (χ2v) is 6.19. The molecule has 2 aromatic carbocycles. The van der Waals surface area contributed by atoms with Crippen molar-refractivity contribution >= 4 is 5.91 Å². The van der Waals surface area contributed by atoms with Gasteiger partial charge in [-0.25, -0.2) is 0 Å². The SMILES string of the molecule is CCOc1cc(CN(C)C(=O)CCc2ccc(OC)cc2)ccc1OC(F)F. The van der Waals surface area contributed by atoms with Crippen molar-refractivity contribution in [3.05, 3.63) is 53.6 Å². The van der Waals surface area contributed by atoms with Gasteiger partial charge in [-0.2, -0.15) is 8.78 Å². The summed E-state index contributed by atoms with van der Waals surface area (Å²) in [5, 5.41) is 0. The Bertz CT molecular complexity index is 766. The van der Waals surface area contributed by atoms with Crippen molar-refractivity contribution in [3.8, 4) is 17.2 Å². The minimum atomic E-state index is -2.92. The first-order valence-corrected chi connectivity index (χ1v) is 9.00. The second kappa shape index (κ2) is 10.5. The number of alkyl halides is 2. The summed E-state index contributed by atoms with van der Waals surface area (Å²) in [6.07, 6.45) is 0.992. The van der Waals surface area contributed by atoms with Crippen molar-refractivity contribution in [3.63, 3.8) is 0 Å². The fourth-order valence-electron chi connectivity index (χ4n) is 2.71. The summed E-state index contributed by atoms with van der Waals surface area (Å²) in [6, 6.07) is 12.3. The molecule has 0 aliphatic rings. The van der Waals surface area contributed by atoms with Crippen LogP contribution in [-0.4, -0.2) is 38.2 Å². The third-order valence-corrected chi connectivity index (χ3v) is 4.16. The van der Waals surface area contributed by atoms with Crippen LogP contribution in [0.25, 0.3) is 0 Å². The van der Waals surface area contributed by atoms with E-state index in [1.165, 1.54) is 6.07 Å². The van der Waals surface area contributed by atoms with Crippen LogP contribution in [-0.2, 0) is 17.8 Å². The van der Waals surface area contributed by atoms with E-state index >= 15 is 0 Å². The van der Waals surface area contributed by atoms with Crippen LogP contribution in [0.4, 0.5) is 8.78 Å². The Morgan fingerprint density at radius 3 is 2.36 bits per heavy atom. The topological polar surface area (TPSA) is 48.0 Å². The van der Waals surface area contributed by atoms with Crippen molar-refractivity contribution < 1.29 is 27.8 Å². The largest absolute Gasteiger partial charge is 0.497 e. The number of nitrogens with zero attached hydrogens (tertiary/aromatic N) is 1. The first-order valence-electron chi connectivity index (χ1n) is 9.00. The van der Waals surface area contributed by atoms with Crippen molar-refractivity contribution in [2.45, 2.75) is 32.9 Å². The Balaban J connectivity index is 1.95. The molecule has 1 amide bonds. The molecule has 0 radical (unpaired) electrons. The molecule has 152 valence electrons. The van der Waals surface area contributed by atoms with E-state index in [1.807, 2.05) is 24.3 Å². The highest BCUT2D eigenvalue weighted by molar-refractivity contribution is 5.76. The van der Waals surface area contributed by atoms with E-state index in [1.54, 1.807) is 38.1 Å². The van der Waals surface area contributed by atoms with Crippen molar-refractivity contribution in [1.29, 1.82) is 0 Å². The van der Waals surface area contributed by atoms with Crippen LogP contribution < -0.4 is 14.2 Å². The normalized spacial score (nSPS) is 10.6. The van der Waals surface area contributed by atoms with Crippen LogP contribution in [0.1, 0.15) is 24.5 Å². The van der Waals surface area contributed by atoms with Gasteiger partial charge in [-0.3, -0.25) is 4.79 Å². The molecule has 0 aromatic heterocycles. The molecule has 0 saturated carbocycles. The van der Waals surface area contributed by atoms with Gasteiger partial charge in [0.1, 0.15) is 5.75 Å². The van der Waals surface area contributed by atoms with Crippen LogP contribution in [0.2, 0.25) is 0 Å². The number of benzene rings is 2. The van der Waals surface area contributed by atoms with Gasteiger partial charge in [0, 0.05) is 20.0 Å². The molecule has 7 heteroatoms. The fourth-order valence-corrected chi connectivity index (χ4v) is 2.71. The number of hydrogen-bond donors (Lipinski definition) is 0. The van der Waals surface area contributed by atoms with Gasteiger partial charge in [-0.15, -0.1) is 0 Å². The van der Waals surface area contributed by atoms with Crippen LogP contribution in [0.5, 0.6) is 17.2 Å². The standard InChI is InChI=1S/C21H25F2NO4/c1-4-27-19-13-16(7-11-18(19)28-21(22)23)14-24(2)20(25)12-8-15-5-9-17(26-3)10-6-15/h5-7,9-11,13,21H,4,8,12,14H2,1-3H3. The Kier molecular flexibility index (Phi) is 8.04. The van der Waals surface area contributed by atoms with E-state index in [2.05, 4.69) is 4.74 Å². The molecule has 0 N–H and O–H groups in total. The van der Waals surface area contributed by atoms with Crippen LogP contribution in [0.15, 0.2) is 42.5 Å². The average molecular weight is 393 g/mol. The summed E-state index contributed by atoms with van der Waals surface area (Å²) in [4.78, 5) is 14.0. The van der Waals surface area contributed by atoms with Gasteiger partial charge >= 0.3 is 6.61 Å². The molecule has 0 saturated heterocycles. The molecule has 5 nitrogen and oxygen atoms in total. The Morgan fingerprint density at radius 1 is 1.07 bits per heavy atom. The number of methoxy groups -OCH3 is 1. The van der Waals surface area contributed by atoms with Gasteiger partial charge in [0.2, 0.25) is 5.91 Å². The summed E-state index contributed by atoms with van der Waals surface area (Å²) in [6.45, 7) is -0.503. The Morgan fingerprint density at radius 2 is 1.75 bits per heavy atom. The number of hydrogen-bond acceptors (Lipinski definition) is 4. The van der Waals surface area contributed by atoms with E-state index in [-0.39, 0.29) is 17.4 Å². The van der Waals surface area contributed by atoms with Crippen molar-refractivity contribution in [1.82, 2.24) is 4.90 Å². The Hall–Kier alpha value is -2.83. The number of amides is 1. The van der Waals surface area contributed by atoms with Gasteiger partial charge in [0.05, 0.1) is 13.7 Å². The van der Waals surface area contributed by atoms with Gasteiger partial charge < -0.3 is 19.1 Å². The highest BCUT2D eigenvalue weighted by atomic mass is 19.3. The maximum atomic E-state index is 12.5. The molecule has 0 aliphatic heterocycles. The summed E-state index contributed by atoms with van der Waals surface area (Å²) in [5.41, 5.74) is 1.82. The minimum absolute atomic E-state index is 0.0123. The predicted molar refractivity (Wildman–Crippen MR) is 102 cm³/mol. The Labute approximate surface area is 163 Å². The van der Waals surface area contributed by atoms with E-state index in [0.717, 1.165) is 16.9 Å². The van der Waals surface area contributed by atoms with E-state index in [9.17, 15) is 13.6 Å². The van der Waals surface area contributed by atoms with Gasteiger partial charge in [-0.05, 0) is 48.7 Å². The molecular weight excluding hydrogens is 368 g/mol. The maximum Gasteiger partial charge on any atom is 0.387 e. The highest BCUT2D eigenvalue weighted by Gasteiger charge is 2.14. The molecular formula is C21H25F2NO4. The third-order valence-electron chi connectivity index (χ3n) is 4.16. The molecule has 0 unspecified atom stereocenters. The first kappa shape index (κ1) is 21.5. The molecule has 0 fully saturated rings. The predicted octanol–water partition coefficient (Wildman–Crippen LogP) is 4.29. The second-order valence-electron chi connectivity index (χ2n) is 6.19. The molecule has 28 heavy (non-hydrogen) atoms. The lowest BCUT2D eigenvalue weighted by molar-refractivity contribution is -0.130. The maximum absolute atomic E-state index is 12.5. The van der Waals surface area contributed by atoms with Gasteiger partial charge in [0.15, 0.2) is 11.5 Å². The van der Waals surface area contributed by atoms with E-state index < -0.39 is 6.61 Å². The van der Waals surface area contributed by atoms with Crippen molar-refractivity contribution in [2.24, 2.45) is 0 Å². The van der Waals surface area contributed by atoms with Gasteiger partial charge in [0.25, 0.3) is 0 Å². The third kappa shape index (κ3) is 6.40. The number of rotatable bonds is 10. The molecule has 0 aliphatic carbocycles. The summed E-state index contributed by atoms with van der Waals surface area (Å²) in [7, 11) is 3.32. The number of carbonyl (C=O) groups excluding carboxylic acids is 1. The lowest BCUT2D eigenvalue weighted by Gasteiger charge is -2.19. The molecule has 0 spiro atoms. The van der Waals surface area contributed by atoms with E-state index in [4.69, 9.17) is 9.47 Å². The molecule has 2 rings (SSSR count).